The van der Waals surface area contributed by atoms with Gasteiger partial charge < -0.3 is 14.9 Å². The minimum atomic E-state index is -1.55. The molecule has 0 aliphatic carbocycles. The number of nitrogens with one attached hydrogen (secondary N) is 1. The van der Waals surface area contributed by atoms with Crippen LogP contribution in [0.2, 0.25) is 0 Å². The van der Waals surface area contributed by atoms with Crippen molar-refractivity contribution in [2.75, 3.05) is 5.32 Å². The van der Waals surface area contributed by atoms with Gasteiger partial charge in [-0.05, 0) is 38.5 Å². The predicted molar refractivity (Wildman–Crippen MR) is 83.0 cm³/mol. The second-order valence-electron chi connectivity index (χ2n) is 6.67. The summed E-state index contributed by atoms with van der Waals surface area (Å²) in [7, 11) is 0. The van der Waals surface area contributed by atoms with E-state index in [9.17, 15) is 14.7 Å². The molecule has 1 unspecified atom stereocenters. The number of hydrogen-bond acceptors (Lipinski definition) is 4. The number of carbonyl (C=O) groups is 2. The van der Waals surface area contributed by atoms with E-state index >= 15 is 0 Å². The number of benzene rings is 1. The smallest absolute Gasteiger partial charge is 0.412 e. The van der Waals surface area contributed by atoms with Crippen molar-refractivity contribution in [2.24, 2.45) is 0 Å². The lowest BCUT2D eigenvalue weighted by Crippen LogP contribution is -2.39. The minimum absolute atomic E-state index is 0.470. The Morgan fingerprint density at radius 2 is 1.77 bits per heavy atom. The van der Waals surface area contributed by atoms with Crippen LogP contribution in [0.1, 0.15) is 40.2 Å². The molecule has 0 saturated heterocycles. The molecule has 6 heteroatoms. The summed E-state index contributed by atoms with van der Waals surface area (Å²) in [4.78, 5) is 22.8. The van der Waals surface area contributed by atoms with E-state index in [0.29, 0.717) is 11.3 Å². The molecule has 0 aromatic heterocycles. The molecular weight excluding hydrogens is 286 g/mol. The third-order valence-electron chi connectivity index (χ3n) is 3.17. The number of rotatable bonds is 4. The van der Waals surface area contributed by atoms with E-state index in [1.165, 1.54) is 0 Å². The minimum Gasteiger partial charge on any atom is -0.479 e. The van der Waals surface area contributed by atoms with Gasteiger partial charge in [-0.3, -0.25) is 5.32 Å². The highest BCUT2D eigenvalue weighted by molar-refractivity contribution is 5.85. The van der Waals surface area contributed by atoms with Gasteiger partial charge in [0.25, 0.3) is 0 Å². The predicted octanol–water partition coefficient (Wildman–Crippen LogP) is 2.76. The molecule has 1 rings (SSSR count). The molecule has 1 atom stereocenters. The average Bonchev–Trinajstić information content (AvgIpc) is 2.35. The summed E-state index contributed by atoms with van der Waals surface area (Å²) in [6.45, 7) is 8.52. The van der Waals surface area contributed by atoms with Crippen LogP contribution in [0.4, 0.5) is 10.5 Å². The average molecular weight is 309 g/mol. The van der Waals surface area contributed by atoms with Crippen LogP contribution in [-0.4, -0.2) is 34.0 Å². The maximum Gasteiger partial charge on any atom is 0.412 e. The molecule has 6 nitrogen and oxygen atoms in total. The number of aliphatic hydroxyl groups excluding tert-OH is 1. The first-order chi connectivity index (χ1) is 9.93. The van der Waals surface area contributed by atoms with Gasteiger partial charge in [0.05, 0.1) is 0 Å². The summed E-state index contributed by atoms with van der Waals surface area (Å²) in [5, 5.41) is 21.4. The number of aliphatic hydroxyl groups is 1. The van der Waals surface area contributed by atoms with Crippen LogP contribution in [0.3, 0.4) is 0 Å². The first kappa shape index (κ1) is 18.0. The molecule has 122 valence electrons. The Hall–Kier alpha value is -2.08. The van der Waals surface area contributed by atoms with E-state index in [0.717, 1.165) is 0 Å². The van der Waals surface area contributed by atoms with Crippen molar-refractivity contribution < 1.29 is 24.5 Å². The van der Waals surface area contributed by atoms with Crippen molar-refractivity contribution in [3.8, 4) is 0 Å². The fourth-order valence-corrected chi connectivity index (χ4v) is 1.89. The van der Waals surface area contributed by atoms with Gasteiger partial charge in [0.1, 0.15) is 5.60 Å². The summed E-state index contributed by atoms with van der Waals surface area (Å²) in [6.07, 6.45) is -2.15. The molecule has 0 heterocycles. The van der Waals surface area contributed by atoms with Crippen LogP contribution in [-0.2, 0) is 14.9 Å². The van der Waals surface area contributed by atoms with Gasteiger partial charge >= 0.3 is 12.1 Å². The first-order valence-corrected chi connectivity index (χ1v) is 6.95. The maximum absolute atomic E-state index is 11.8. The standard InChI is InChI=1S/C16H23NO5/c1-15(2,3)22-14(21)17-11-8-6-7-10(9-11)16(4,5)12(18)13(19)20/h6-9,12,18H,1-5H3,(H,17,21)(H,19,20). The molecule has 3 N–H and O–H groups in total. The van der Waals surface area contributed by atoms with Gasteiger partial charge in [-0.25, -0.2) is 9.59 Å². The zero-order valence-corrected chi connectivity index (χ0v) is 13.5. The molecule has 0 fully saturated rings. The zero-order valence-electron chi connectivity index (χ0n) is 13.5. The number of anilines is 1. The van der Waals surface area contributed by atoms with Gasteiger partial charge in [-0.2, -0.15) is 0 Å². The maximum atomic E-state index is 11.8. The van der Waals surface area contributed by atoms with Gasteiger partial charge in [0.15, 0.2) is 6.10 Å². The fraction of sp³-hybridized carbons (Fsp3) is 0.500. The van der Waals surface area contributed by atoms with Crippen LogP contribution in [0, 0.1) is 0 Å². The van der Waals surface area contributed by atoms with Gasteiger partial charge in [-0.1, -0.05) is 26.0 Å². The second-order valence-corrected chi connectivity index (χ2v) is 6.67. The molecule has 1 aromatic carbocycles. The number of carboxylic acid groups (broad SMARTS) is 1. The third kappa shape index (κ3) is 4.73. The Labute approximate surface area is 130 Å². The largest absolute Gasteiger partial charge is 0.479 e. The van der Waals surface area contributed by atoms with E-state index in [1.807, 2.05) is 0 Å². The summed E-state index contributed by atoms with van der Waals surface area (Å²) in [5.74, 6) is -1.30. The molecular formula is C16H23NO5. The first-order valence-electron chi connectivity index (χ1n) is 6.95. The Balaban J connectivity index is 2.95. The van der Waals surface area contributed by atoms with Crippen LogP contribution in [0.25, 0.3) is 0 Å². The molecule has 0 saturated carbocycles. The molecule has 0 bridgehead atoms. The highest BCUT2D eigenvalue weighted by atomic mass is 16.6. The monoisotopic (exact) mass is 309 g/mol. The number of amides is 1. The summed E-state index contributed by atoms with van der Waals surface area (Å²) in [6, 6.07) is 6.66. The Kier molecular flexibility index (Phi) is 5.19. The molecule has 0 spiro atoms. The molecule has 0 aliphatic heterocycles. The highest BCUT2D eigenvalue weighted by Crippen LogP contribution is 2.29. The number of aliphatic carboxylic acids is 1. The number of carboxylic acids is 1. The van der Waals surface area contributed by atoms with Gasteiger partial charge in [0, 0.05) is 11.1 Å². The summed E-state index contributed by atoms with van der Waals surface area (Å²) in [5.41, 5.74) is -0.550. The van der Waals surface area contributed by atoms with Gasteiger partial charge in [-0.15, -0.1) is 0 Å². The van der Waals surface area contributed by atoms with Crippen LogP contribution < -0.4 is 5.32 Å². The van der Waals surface area contributed by atoms with Crippen molar-refractivity contribution in [2.45, 2.75) is 51.7 Å². The second kappa shape index (κ2) is 6.36. The molecule has 0 aliphatic rings. The van der Waals surface area contributed by atoms with Crippen molar-refractivity contribution in [1.82, 2.24) is 0 Å². The number of carbonyl (C=O) groups excluding carboxylic acids is 1. The summed E-state index contributed by atoms with van der Waals surface area (Å²) >= 11 is 0. The molecule has 1 aromatic rings. The van der Waals surface area contributed by atoms with E-state index in [1.54, 1.807) is 58.9 Å². The Morgan fingerprint density at radius 3 is 2.27 bits per heavy atom. The van der Waals surface area contributed by atoms with E-state index in [4.69, 9.17) is 9.84 Å². The quantitative estimate of drug-likeness (QED) is 0.794. The van der Waals surface area contributed by atoms with Crippen LogP contribution >= 0.6 is 0 Å². The molecule has 1 amide bonds. The third-order valence-corrected chi connectivity index (χ3v) is 3.17. The Bertz CT molecular complexity index is 560. The topological polar surface area (TPSA) is 95.9 Å². The fourth-order valence-electron chi connectivity index (χ4n) is 1.89. The van der Waals surface area contributed by atoms with Crippen molar-refractivity contribution in [1.29, 1.82) is 0 Å². The lowest BCUT2D eigenvalue weighted by atomic mass is 9.79. The van der Waals surface area contributed by atoms with Gasteiger partial charge in [0.2, 0.25) is 0 Å². The zero-order chi connectivity index (χ0) is 17.1. The normalized spacial score (nSPS) is 13.4. The van der Waals surface area contributed by atoms with E-state index in [-0.39, 0.29) is 0 Å². The van der Waals surface area contributed by atoms with Crippen molar-refractivity contribution in [3.05, 3.63) is 29.8 Å². The lowest BCUT2D eigenvalue weighted by molar-refractivity contribution is -0.150. The van der Waals surface area contributed by atoms with Crippen LogP contribution in [0.15, 0.2) is 24.3 Å². The Morgan fingerprint density at radius 1 is 1.18 bits per heavy atom. The van der Waals surface area contributed by atoms with E-state index in [2.05, 4.69) is 5.32 Å². The van der Waals surface area contributed by atoms with E-state index < -0.39 is 29.2 Å². The SMILES string of the molecule is CC(C)(C)OC(=O)Nc1cccc(C(C)(C)C(O)C(=O)O)c1. The molecule has 22 heavy (non-hydrogen) atoms. The number of ether oxygens (including phenoxy) is 1. The van der Waals surface area contributed by atoms with Crippen molar-refractivity contribution >= 4 is 17.7 Å². The number of hydrogen-bond donors (Lipinski definition) is 3. The van der Waals surface area contributed by atoms with Crippen LogP contribution in [0.5, 0.6) is 0 Å². The molecule has 0 radical (unpaired) electrons. The van der Waals surface area contributed by atoms with Crippen molar-refractivity contribution in [3.63, 3.8) is 0 Å². The lowest BCUT2D eigenvalue weighted by Gasteiger charge is -2.28. The highest BCUT2D eigenvalue weighted by Gasteiger charge is 2.35. The summed E-state index contributed by atoms with van der Waals surface area (Å²) < 4.78 is 5.16.